The van der Waals surface area contributed by atoms with E-state index in [1.165, 1.54) is 6.92 Å². The van der Waals surface area contributed by atoms with Gasteiger partial charge in [-0.05, 0) is 58.9 Å². The Hall–Kier alpha value is -2.24. The molecule has 1 N–H and O–H groups in total. The number of ether oxygens (including phenoxy) is 3. The maximum Gasteiger partial charge on any atom is 0.344 e. The second kappa shape index (κ2) is 8.41. The van der Waals surface area contributed by atoms with Gasteiger partial charge in [0.1, 0.15) is 11.5 Å². The lowest BCUT2D eigenvalue weighted by Crippen LogP contribution is -2.46. The zero-order valence-corrected chi connectivity index (χ0v) is 14.3. The molecule has 1 amide bonds. The summed E-state index contributed by atoms with van der Waals surface area (Å²) < 4.78 is 15.7. The average molecular weight is 323 g/mol. The Morgan fingerprint density at radius 1 is 1.09 bits per heavy atom. The fraction of sp³-hybridized carbons (Fsp3) is 0.529. The number of rotatable bonds is 7. The van der Waals surface area contributed by atoms with Gasteiger partial charge in [0.15, 0.2) is 12.7 Å². The van der Waals surface area contributed by atoms with Crippen LogP contribution in [0.1, 0.15) is 34.6 Å². The summed E-state index contributed by atoms with van der Waals surface area (Å²) in [6, 6.07) is 6.91. The van der Waals surface area contributed by atoms with Crippen molar-refractivity contribution in [2.45, 2.75) is 46.3 Å². The van der Waals surface area contributed by atoms with E-state index in [4.69, 9.17) is 14.2 Å². The molecule has 0 saturated carbocycles. The van der Waals surface area contributed by atoms with Gasteiger partial charge in [-0.2, -0.15) is 0 Å². The third-order valence-electron chi connectivity index (χ3n) is 2.67. The first kappa shape index (κ1) is 18.8. The predicted molar refractivity (Wildman–Crippen MR) is 86.6 cm³/mol. The third-order valence-corrected chi connectivity index (χ3v) is 2.67. The lowest BCUT2D eigenvalue weighted by atomic mass is 10.1. The SMILES string of the molecule is CCOc1ccc(OCC(=O)O[C@@H](C)C(=O)NC(C)(C)C)cc1. The lowest BCUT2D eigenvalue weighted by molar-refractivity contribution is -0.157. The van der Waals surface area contributed by atoms with Crippen LogP contribution in [-0.4, -0.2) is 36.7 Å². The Labute approximate surface area is 137 Å². The summed E-state index contributed by atoms with van der Waals surface area (Å²) in [5, 5.41) is 2.75. The van der Waals surface area contributed by atoms with Crippen molar-refractivity contribution >= 4 is 11.9 Å². The van der Waals surface area contributed by atoms with Crippen molar-refractivity contribution in [3.05, 3.63) is 24.3 Å². The van der Waals surface area contributed by atoms with Crippen LogP contribution >= 0.6 is 0 Å². The van der Waals surface area contributed by atoms with Crippen LogP contribution in [0, 0.1) is 0 Å². The molecule has 6 nitrogen and oxygen atoms in total. The molecule has 0 fully saturated rings. The van der Waals surface area contributed by atoms with Crippen molar-refractivity contribution in [2.75, 3.05) is 13.2 Å². The standard InChI is InChI=1S/C17H25NO5/c1-6-21-13-7-9-14(10-8-13)22-11-15(19)23-12(2)16(20)18-17(3,4)5/h7-10,12H,6,11H2,1-5H3,(H,18,20)/t12-/m0/s1. The van der Waals surface area contributed by atoms with Gasteiger partial charge in [-0.3, -0.25) is 4.79 Å². The molecule has 6 heteroatoms. The number of amides is 1. The molecule has 1 aromatic rings. The number of benzene rings is 1. The minimum Gasteiger partial charge on any atom is -0.494 e. The van der Waals surface area contributed by atoms with Gasteiger partial charge >= 0.3 is 5.97 Å². The first-order valence-corrected chi connectivity index (χ1v) is 7.58. The quantitative estimate of drug-likeness (QED) is 0.780. The molecule has 1 atom stereocenters. The number of carbonyl (C=O) groups is 2. The highest BCUT2D eigenvalue weighted by molar-refractivity contribution is 5.84. The highest BCUT2D eigenvalue weighted by Gasteiger charge is 2.22. The van der Waals surface area contributed by atoms with Crippen LogP contribution in [-0.2, 0) is 14.3 Å². The summed E-state index contributed by atoms with van der Waals surface area (Å²) in [7, 11) is 0. The van der Waals surface area contributed by atoms with Gasteiger partial charge in [-0.25, -0.2) is 4.79 Å². The Morgan fingerprint density at radius 3 is 2.09 bits per heavy atom. The van der Waals surface area contributed by atoms with Gasteiger partial charge in [0, 0.05) is 5.54 Å². The van der Waals surface area contributed by atoms with Gasteiger partial charge < -0.3 is 19.5 Å². The largest absolute Gasteiger partial charge is 0.494 e. The number of hydrogen-bond acceptors (Lipinski definition) is 5. The van der Waals surface area contributed by atoms with Gasteiger partial charge in [-0.15, -0.1) is 0 Å². The predicted octanol–water partition coefficient (Wildman–Crippen LogP) is 2.31. The maximum absolute atomic E-state index is 11.8. The zero-order chi connectivity index (χ0) is 17.5. The highest BCUT2D eigenvalue weighted by atomic mass is 16.6. The molecule has 0 aromatic heterocycles. The maximum atomic E-state index is 11.8. The minimum absolute atomic E-state index is 0.263. The molecule has 0 saturated heterocycles. The van der Waals surface area contributed by atoms with E-state index in [2.05, 4.69) is 5.32 Å². The number of hydrogen-bond donors (Lipinski definition) is 1. The molecule has 23 heavy (non-hydrogen) atoms. The fourth-order valence-electron chi connectivity index (χ4n) is 1.70. The van der Waals surface area contributed by atoms with E-state index < -0.39 is 12.1 Å². The first-order chi connectivity index (χ1) is 10.7. The van der Waals surface area contributed by atoms with Crippen molar-refractivity contribution in [3.63, 3.8) is 0 Å². The van der Waals surface area contributed by atoms with Crippen molar-refractivity contribution in [1.29, 1.82) is 0 Å². The van der Waals surface area contributed by atoms with E-state index in [1.807, 2.05) is 27.7 Å². The van der Waals surface area contributed by atoms with Crippen molar-refractivity contribution in [3.8, 4) is 11.5 Å². The summed E-state index contributed by atoms with van der Waals surface area (Å²) in [5.41, 5.74) is -0.378. The molecular formula is C17H25NO5. The first-order valence-electron chi connectivity index (χ1n) is 7.58. The molecule has 0 aliphatic heterocycles. The molecular weight excluding hydrogens is 298 g/mol. The smallest absolute Gasteiger partial charge is 0.344 e. The van der Waals surface area contributed by atoms with E-state index >= 15 is 0 Å². The van der Waals surface area contributed by atoms with E-state index in [-0.39, 0.29) is 18.1 Å². The second-order valence-corrected chi connectivity index (χ2v) is 6.06. The molecule has 0 aliphatic carbocycles. The molecule has 0 bridgehead atoms. The van der Waals surface area contributed by atoms with Crippen LogP contribution < -0.4 is 14.8 Å². The Balaban J connectivity index is 2.40. The zero-order valence-electron chi connectivity index (χ0n) is 14.3. The minimum atomic E-state index is -0.870. The number of nitrogens with one attached hydrogen (secondary N) is 1. The van der Waals surface area contributed by atoms with E-state index in [9.17, 15) is 9.59 Å². The Kier molecular flexibility index (Phi) is 6.88. The topological polar surface area (TPSA) is 73.9 Å². The van der Waals surface area contributed by atoms with Crippen molar-refractivity contribution in [1.82, 2.24) is 5.32 Å². The van der Waals surface area contributed by atoms with Crippen LogP contribution in [0.4, 0.5) is 0 Å². The van der Waals surface area contributed by atoms with Gasteiger partial charge in [0.25, 0.3) is 5.91 Å². The average Bonchev–Trinajstić information content (AvgIpc) is 2.45. The van der Waals surface area contributed by atoms with E-state index in [0.29, 0.717) is 12.4 Å². The summed E-state index contributed by atoms with van der Waals surface area (Å²) in [4.78, 5) is 23.5. The van der Waals surface area contributed by atoms with E-state index in [1.54, 1.807) is 24.3 Å². The monoisotopic (exact) mass is 323 g/mol. The van der Waals surface area contributed by atoms with Crippen molar-refractivity contribution < 1.29 is 23.8 Å². The van der Waals surface area contributed by atoms with E-state index in [0.717, 1.165) is 5.75 Å². The highest BCUT2D eigenvalue weighted by Crippen LogP contribution is 2.17. The van der Waals surface area contributed by atoms with Gasteiger partial charge in [0.05, 0.1) is 6.61 Å². The fourth-order valence-corrected chi connectivity index (χ4v) is 1.70. The molecule has 1 rings (SSSR count). The van der Waals surface area contributed by atoms with Crippen LogP contribution in [0.25, 0.3) is 0 Å². The Morgan fingerprint density at radius 2 is 1.61 bits per heavy atom. The van der Waals surface area contributed by atoms with Crippen LogP contribution in [0.15, 0.2) is 24.3 Å². The molecule has 0 aliphatic rings. The summed E-state index contributed by atoms with van der Waals surface area (Å²) in [5.74, 6) is 0.314. The normalized spacial score (nSPS) is 12.2. The molecule has 1 aromatic carbocycles. The molecule has 0 heterocycles. The van der Waals surface area contributed by atoms with Gasteiger partial charge in [-0.1, -0.05) is 0 Å². The van der Waals surface area contributed by atoms with Crippen molar-refractivity contribution in [2.24, 2.45) is 0 Å². The number of carbonyl (C=O) groups excluding carboxylic acids is 2. The lowest BCUT2D eigenvalue weighted by Gasteiger charge is -2.23. The van der Waals surface area contributed by atoms with Gasteiger partial charge in [0.2, 0.25) is 0 Å². The molecule has 0 unspecified atom stereocenters. The Bertz CT molecular complexity index is 519. The summed E-state index contributed by atoms with van der Waals surface area (Å²) in [6.45, 7) is 9.31. The summed E-state index contributed by atoms with van der Waals surface area (Å²) in [6.07, 6.45) is -0.870. The third kappa shape index (κ3) is 7.54. The molecule has 0 radical (unpaired) electrons. The molecule has 0 spiro atoms. The molecule has 128 valence electrons. The number of esters is 1. The van der Waals surface area contributed by atoms with Crippen LogP contribution in [0.2, 0.25) is 0 Å². The summed E-state index contributed by atoms with van der Waals surface area (Å²) >= 11 is 0. The van der Waals surface area contributed by atoms with Crippen LogP contribution in [0.5, 0.6) is 11.5 Å². The van der Waals surface area contributed by atoms with Crippen LogP contribution in [0.3, 0.4) is 0 Å². The second-order valence-electron chi connectivity index (χ2n) is 6.06.